The summed E-state index contributed by atoms with van der Waals surface area (Å²) in [6.07, 6.45) is 5.77. The molecule has 0 bridgehead atoms. The van der Waals surface area contributed by atoms with Crippen LogP contribution in [0.4, 0.5) is 4.39 Å². The number of fused-ring (bicyclic) bond motifs is 1. The highest BCUT2D eigenvalue weighted by atomic mass is 19.1. The molecule has 0 saturated carbocycles. The summed E-state index contributed by atoms with van der Waals surface area (Å²) in [4.78, 5) is 18.7. The normalized spacial score (nSPS) is 10.7. The van der Waals surface area contributed by atoms with Gasteiger partial charge in [0.25, 0.3) is 0 Å². The minimum absolute atomic E-state index is 0.0440. The fraction of sp³-hybridized carbons (Fsp3) is 0.292. The quantitative estimate of drug-likeness (QED) is 0.348. The average molecular weight is 424 g/mol. The zero-order valence-electron chi connectivity index (χ0n) is 17.8. The molecule has 0 unspecified atom stereocenters. The predicted octanol–water partition coefficient (Wildman–Crippen LogP) is 5.75. The van der Waals surface area contributed by atoms with Crippen LogP contribution in [0.2, 0.25) is 0 Å². The lowest BCUT2D eigenvalue weighted by atomic mass is 10.1. The molecule has 162 valence electrons. The molecular formula is C24H25FN2O4. The van der Waals surface area contributed by atoms with Crippen molar-refractivity contribution in [2.75, 3.05) is 6.61 Å². The number of aryl methyl sites for hydroxylation is 1. The number of phenolic OH excluding ortho intramolecular Hbond substituents is 1. The number of ether oxygens (including phenoxy) is 2. The van der Waals surface area contributed by atoms with Crippen molar-refractivity contribution >= 4 is 23.3 Å². The molecule has 0 aliphatic heterocycles. The van der Waals surface area contributed by atoms with Gasteiger partial charge < -0.3 is 19.4 Å². The van der Waals surface area contributed by atoms with Gasteiger partial charge in [0.15, 0.2) is 23.1 Å². The minimum Gasteiger partial charge on any atom is -0.504 e. The van der Waals surface area contributed by atoms with Crippen LogP contribution in [0, 0.1) is 12.7 Å². The van der Waals surface area contributed by atoms with Crippen molar-refractivity contribution in [1.82, 2.24) is 9.97 Å². The third kappa shape index (κ3) is 5.36. The lowest BCUT2D eigenvalue weighted by Gasteiger charge is -2.13. The summed E-state index contributed by atoms with van der Waals surface area (Å²) in [7, 11) is 0. The van der Waals surface area contributed by atoms with E-state index in [1.165, 1.54) is 12.4 Å². The number of phenols is 1. The monoisotopic (exact) mass is 424 g/mol. The lowest BCUT2D eigenvalue weighted by Crippen LogP contribution is -1.99. The maximum atomic E-state index is 15.1. The highest BCUT2D eigenvalue weighted by Crippen LogP contribution is 2.36. The zero-order chi connectivity index (χ0) is 22.4. The molecule has 7 heteroatoms. The fourth-order valence-electron chi connectivity index (χ4n) is 3.08. The van der Waals surface area contributed by atoms with Gasteiger partial charge in [0.1, 0.15) is 12.6 Å². The Hall–Kier alpha value is -3.48. The van der Waals surface area contributed by atoms with Gasteiger partial charge in [0.05, 0.1) is 17.5 Å². The van der Waals surface area contributed by atoms with Crippen LogP contribution < -0.4 is 9.47 Å². The number of carbonyl (C=O) groups excluding carboxylic acids is 1. The van der Waals surface area contributed by atoms with Crippen molar-refractivity contribution in [2.45, 2.75) is 40.0 Å². The average Bonchev–Trinajstić information content (AvgIpc) is 2.73. The Bertz CT molecular complexity index is 1120. The topological polar surface area (TPSA) is 81.5 Å². The second kappa shape index (κ2) is 10.0. The highest BCUT2D eigenvalue weighted by molar-refractivity contribution is 5.86. The molecule has 0 saturated heterocycles. The molecule has 0 amide bonds. The number of aldehydes is 1. The molecule has 3 rings (SSSR count). The predicted molar refractivity (Wildman–Crippen MR) is 117 cm³/mol. The van der Waals surface area contributed by atoms with Gasteiger partial charge in [-0.25, -0.2) is 14.4 Å². The van der Waals surface area contributed by atoms with Crippen LogP contribution >= 0.6 is 0 Å². The number of aromatic hydroxyl groups is 1. The second-order valence-electron chi connectivity index (χ2n) is 7.46. The number of unbranched alkanes of at least 4 members (excludes halogenated alkanes) is 2. The van der Waals surface area contributed by atoms with E-state index in [1.807, 2.05) is 20.8 Å². The van der Waals surface area contributed by atoms with Crippen LogP contribution in [0.1, 0.15) is 44.2 Å². The van der Waals surface area contributed by atoms with Gasteiger partial charge in [0.2, 0.25) is 5.88 Å². The lowest BCUT2D eigenvalue weighted by molar-refractivity contribution is -0.107. The smallest absolute Gasteiger partial charge is 0.230 e. The van der Waals surface area contributed by atoms with Crippen LogP contribution in [0.25, 0.3) is 17.0 Å². The highest BCUT2D eigenvalue weighted by Gasteiger charge is 2.16. The van der Waals surface area contributed by atoms with E-state index in [0.717, 1.165) is 17.4 Å². The number of hydrogen-bond donors (Lipinski definition) is 1. The van der Waals surface area contributed by atoms with Gasteiger partial charge in [-0.3, -0.25) is 0 Å². The fourth-order valence-corrected chi connectivity index (χ4v) is 3.08. The van der Waals surface area contributed by atoms with E-state index in [2.05, 4.69) is 9.97 Å². The number of hydrogen-bond acceptors (Lipinski definition) is 6. The van der Waals surface area contributed by atoms with Crippen molar-refractivity contribution in [1.29, 1.82) is 0 Å². The van der Waals surface area contributed by atoms with Crippen molar-refractivity contribution in [3.05, 3.63) is 53.1 Å². The molecule has 3 aromatic rings. The van der Waals surface area contributed by atoms with Crippen molar-refractivity contribution in [3.63, 3.8) is 0 Å². The van der Waals surface area contributed by atoms with Crippen LogP contribution in [-0.4, -0.2) is 28.0 Å². The molecule has 0 fully saturated rings. The molecule has 0 atom stereocenters. The van der Waals surface area contributed by atoms with Crippen molar-refractivity contribution in [2.24, 2.45) is 0 Å². The molecule has 0 aliphatic carbocycles. The summed E-state index contributed by atoms with van der Waals surface area (Å²) in [6.45, 7) is 5.98. The Balaban J connectivity index is 1.93. The third-order valence-electron chi connectivity index (χ3n) is 4.66. The van der Waals surface area contributed by atoms with E-state index >= 15 is 4.39 Å². The number of allylic oxidation sites excluding steroid dienone is 1. The number of nitrogens with zero attached hydrogens (tertiary/aromatic N) is 2. The summed E-state index contributed by atoms with van der Waals surface area (Å²) in [5.74, 6) is -0.102. The first-order valence-corrected chi connectivity index (χ1v) is 10.1. The van der Waals surface area contributed by atoms with E-state index in [9.17, 15) is 9.90 Å². The van der Waals surface area contributed by atoms with E-state index < -0.39 is 5.82 Å². The Kier molecular flexibility index (Phi) is 7.18. The van der Waals surface area contributed by atoms with Gasteiger partial charge in [-0.05, 0) is 51.3 Å². The third-order valence-corrected chi connectivity index (χ3v) is 4.66. The molecule has 1 heterocycles. The van der Waals surface area contributed by atoms with Gasteiger partial charge >= 0.3 is 0 Å². The molecule has 1 aromatic heterocycles. The summed E-state index contributed by atoms with van der Waals surface area (Å²) in [6, 6.07) is 6.37. The molecule has 2 aromatic carbocycles. The minimum atomic E-state index is -0.474. The maximum absolute atomic E-state index is 15.1. The van der Waals surface area contributed by atoms with Gasteiger partial charge in [-0.1, -0.05) is 17.7 Å². The van der Waals surface area contributed by atoms with Crippen LogP contribution in [0.5, 0.6) is 23.1 Å². The van der Waals surface area contributed by atoms with Crippen molar-refractivity contribution < 1.29 is 23.8 Å². The summed E-state index contributed by atoms with van der Waals surface area (Å²) >= 11 is 0. The number of aromatic nitrogens is 2. The first kappa shape index (κ1) is 22.2. The van der Waals surface area contributed by atoms with E-state index in [4.69, 9.17) is 9.47 Å². The number of rotatable bonds is 9. The largest absolute Gasteiger partial charge is 0.504 e. The molecule has 0 aliphatic rings. The molecular weight excluding hydrogens is 399 g/mol. The summed E-state index contributed by atoms with van der Waals surface area (Å²) < 4.78 is 26.5. The molecule has 31 heavy (non-hydrogen) atoms. The van der Waals surface area contributed by atoms with Crippen LogP contribution in [0.3, 0.4) is 0 Å². The molecule has 1 N–H and O–H groups in total. The van der Waals surface area contributed by atoms with Crippen molar-refractivity contribution in [3.8, 4) is 23.1 Å². The van der Waals surface area contributed by atoms with E-state index in [0.29, 0.717) is 42.3 Å². The molecule has 0 radical (unpaired) electrons. The molecule has 6 nitrogen and oxygen atoms in total. The van der Waals surface area contributed by atoms with Gasteiger partial charge in [-0.15, -0.1) is 0 Å². The first-order valence-electron chi connectivity index (χ1n) is 10.1. The van der Waals surface area contributed by atoms with E-state index in [-0.39, 0.29) is 23.1 Å². The standard InChI is InChI=1S/C24H25FN2O4/c1-15(2)11-17-16(3)7-8-21(23(17)25)31-24-18-12-22(30-10-6-4-5-9-28)20(29)13-19(18)26-14-27-24/h7-9,11-14,29H,4-6,10H2,1-3H3. The Morgan fingerprint density at radius 2 is 1.97 bits per heavy atom. The van der Waals surface area contributed by atoms with Crippen LogP contribution in [-0.2, 0) is 4.79 Å². The zero-order valence-corrected chi connectivity index (χ0v) is 17.8. The first-order chi connectivity index (χ1) is 14.9. The number of carbonyl (C=O) groups is 1. The van der Waals surface area contributed by atoms with E-state index in [1.54, 1.807) is 24.3 Å². The number of benzene rings is 2. The molecule has 0 spiro atoms. The van der Waals surface area contributed by atoms with Gasteiger partial charge in [-0.2, -0.15) is 0 Å². The second-order valence-corrected chi connectivity index (χ2v) is 7.46. The summed E-state index contributed by atoms with van der Waals surface area (Å²) in [5, 5.41) is 10.7. The summed E-state index contributed by atoms with van der Waals surface area (Å²) in [5.41, 5.74) is 2.67. The Morgan fingerprint density at radius 1 is 1.16 bits per heavy atom. The van der Waals surface area contributed by atoms with Gasteiger partial charge in [0, 0.05) is 18.1 Å². The maximum Gasteiger partial charge on any atom is 0.230 e. The SMILES string of the molecule is CC(C)=Cc1c(C)ccc(Oc2ncnc3cc(O)c(OCCCCC=O)cc23)c1F. The van der Waals surface area contributed by atoms with Crippen LogP contribution in [0.15, 0.2) is 36.2 Å². The Morgan fingerprint density at radius 3 is 2.71 bits per heavy atom. The Labute approximate surface area is 180 Å². The number of halogens is 1.